The lowest BCUT2D eigenvalue weighted by Crippen LogP contribution is -2.08. The number of nitrogen functional groups attached to an aromatic ring is 1. The minimum Gasteiger partial charge on any atom is -0.383 e. The van der Waals surface area contributed by atoms with Crippen LogP contribution in [0.5, 0.6) is 0 Å². The van der Waals surface area contributed by atoms with Crippen molar-refractivity contribution in [2.45, 2.75) is 5.75 Å². The summed E-state index contributed by atoms with van der Waals surface area (Å²) < 4.78 is 23.2. The maximum absolute atomic E-state index is 11.3. The van der Waals surface area contributed by atoms with Crippen LogP contribution in [0.2, 0.25) is 0 Å². The van der Waals surface area contributed by atoms with Crippen LogP contribution in [0.3, 0.4) is 0 Å². The molecule has 0 aliphatic heterocycles. The molecular formula is C12H12BrN3O2S. The van der Waals surface area contributed by atoms with E-state index in [2.05, 4.69) is 25.9 Å². The van der Waals surface area contributed by atoms with Crippen LogP contribution in [-0.4, -0.2) is 24.6 Å². The van der Waals surface area contributed by atoms with Gasteiger partial charge in [-0.2, -0.15) is 0 Å². The maximum Gasteiger partial charge on any atom is 0.154 e. The summed E-state index contributed by atoms with van der Waals surface area (Å²) in [5, 5.41) is 0. The quantitative estimate of drug-likeness (QED) is 0.922. The molecule has 0 saturated heterocycles. The molecule has 1 aromatic carbocycles. The predicted molar refractivity (Wildman–Crippen MR) is 78.1 cm³/mol. The summed E-state index contributed by atoms with van der Waals surface area (Å²) in [7, 11) is -3.20. The molecular weight excluding hydrogens is 330 g/mol. The van der Waals surface area contributed by atoms with Crippen LogP contribution in [0, 0.1) is 0 Å². The second-order valence-corrected chi connectivity index (χ2v) is 7.06. The number of halogens is 1. The fourth-order valence-electron chi connectivity index (χ4n) is 1.60. The Labute approximate surface area is 119 Å². The van der Waals surface area contributed by atoms with Crippen molar-refractivity contribution in [2.75, 3.05) is 12.0 Å². The molecule has 0 unspecified atom stereocenters. The minimum absolute atomic E-state index is 0.196. The normalized spacial score (nSPS) is 11.5. The van der Waals surface area contributed by atoms with E-state index in [0.29, 0.717) is 10.2 Å². The van der Waals surface area contributed by atoms with Gasteiger partial charge in [-0.15, -0.1) is 0 Å². The van der Waals surface area contributed by atoms with Crippen molar-refractivity contribution in [2.24, 2.45) is 0 Å². The van der Waals surface area contributed by atoms with E-state index in [9.17, 15) is 8.42 Å². The molecule has 0 aliphatic carbocycles. The van der Waals surface area contributed by atoms with Gasteiger partial charge in [0, 0.05) is 11.8 Å². The molecule has 1 heterocycles. The number of anilines is 1. The van der Waals surface area contributed by atoms with Crippen LogP contribution in [0.15, 0.2) is 34.8 Å². The van der Waals surface area contributed by atoms with Crippen molar-refractivity contribution >= 4 is 31.6 Å². The van der Waals surface area contributed by atoms with Gasteiger partial charge >= 0.3 is 0 Å². The van der Waals surface area contributed by atoms with Gasteiger partial charge in [0.25, 0.3) is 0 Å². The fourth-order valence-corrected chi connectivity index (χ4v) is 2.60. The first-order chi connectivity index (χ1) is 8.87. The molecule has 100 valence electrons. The molecule has 0 atom stereocenters. The Morgan fingerprint density at radius 1 is 1.21 bits per heavy atom. The van der Waals surface area contributed by atoms with Gasteiger partial charge in [-0.3, -0.25) is 0 Å². The molecule has 0 fully saturated rings. The van der Waals surface area contributed by atoms with E-state index in [-0.39, 0.29) is 17.4 Å². The lowest BCUT2D eigenvalue weighted by Gasteiger charge is -2.08. The van der Waals surface area contributed by atoms with Crippen molar-refractivity contribution in [1.29, 1.82) is 0 Å². The van der Waals surface area contributed by atoms with Gasteiger partial charge in [0.2, 0.25) is 0 Å². The van der Waals surface area contributed by atoms with Crippen molar-refractivity contribution in [3.63, 3.8) is 0 Å². The highest BCUT2D eigenvalue weighted by atomic mass is 79.9. The van der Waals surface area contributed by atoms with Crippen molar-refractivity contribution in [3.8, 4) is 11.3 Å². The molecule has 19 heavy (non-hydrogen) atoms. The molecule has 7 heteroatoms. The zero-order valence-corrected chi connectivity index (χ0v) is 12.6. The Balaban J connectivity index is 2.55. The third kappa shape index (κ3) is 3.51. The summed E-state index contributed by atoms with van der Waals surface area (Å²) in [5.41, 5.74) is 7.22. The number of benzene rings is 1. The van der Waals surface area contributed by atoms with Gasteiger partial charge in [0.15, 0.2) is 9.84 Å². The highest BCUT2D eigenvalue weighted by Gasteiger charge is 2.14. The molecule has 0 aliphatic rings. The second kappa shape index (κ2) is 5.26. The van der Waals surface area contributed by atoms with E-state index in [1.54, 1.807) is 0 Å². The first-order valence-electron chi connectivity index (χ1n) is 5.42. The Morgan fingerprint density at radius 3 is 2.42 bits per heavy atom. The Bertz CT molecular complexity index is 702. The predicted octanol–water partition coefficient (Wildman–Crippen LogP) is 2.03. The molecule has 2 N–H and O–H groups in total. The zero-order chi connectivity index (χ0) is 14.0. The van der Waals surface area contributed by atoms with Gasteiger partial charge in [-0.25, -0.2) is 18.4 Å². The van der Waals surface area contributed by atoms with E-state index in [0.717, 1.165) is 11.8 Å². The summed E-state index contributed by atoms with van der Waals surface area (Å²) in [6.45, 7) is 0. The van der Waals surface area contributed by atoms with Gasteiger partial charge in [-0.05, 0) is 15.9 Å². The minimum atomic E-state index is -3.20. The van der Waals surface area contributed by atoms with Gasteiger partial charge in [-0.1, -0.05) is 30.3 Å². The van der Waals surface area contributed by atoms with Crippen molar-refractivity contribution < 1.29 is 8.42 Å². The van der Waals surface area contributed by atoms with Crippen molar-refractivity contribution in [3.05, 3.63) is 40.6 Å². The van der Waals surface area contributed by atoms with Crippen LogP contribution in [0.1, 0.15) is 5.82 Å². The molecule has 1 aromatic heterocycles. The first kappa shape index (κ1) is 14.0. The fraction of sp³-hybridized carbons (Fsp3) is 0.167. The Kier molecular flexibility index (Phi) is 3.86. The van der Waals surface area contributed by atoms with E-state index < -0.39 is 9.84 Å². The van der Waals surface area contributed by atoms with E-state index in [1.165, 1.54) is 0 Å². The molecule has 5 nitrogen and oxygen atoms in total. The van der Waals surface area contributed by atoms with Crippen LogP contribution in [0.25, 0.3) is 11.3 Å². The standard InChI is InChI=1S/C12H12BrN3O2S/c1-19(17,18)7-9-15-11(10(13)12(14)16-9)8-5-3-2-4-6-8/h2-6H,7H2,1H3,(H2,14,15,16). The molecule has 2 aromatic rings. The number of hydrogen-bond donors (Lipinski definition) is 1. The monoisotopic (exact) mass is 341 g/mol. The summed E-state index contributed by atoms with van der Waals surface area (Å²) in [5.74, 6) is 0.194. The summed E-state index contributed by atoms with van der Waals surface area (Å²) in [6, 6.07) is 9.37. The van der Waals surface area contributed by atoms with Gasteiger partial charge in [0.1, 0.15) is 17.4 Å². The molecule has 0 bridgehead atoms. The highest BCUT2D eigenvalue weighted by Crippen LogP contribution is 2.30. The SMILES string of the molecule is CS(=O)(=O)Cc1nc(N)c(Br)c(-c2ccccc2)n1. The van der Waals surface area contributed by atoms with Gasteiger partial charge < -0.3 is 5.73 Å². The second-order valence-electron chi connectivity index (χ2n) is 4.12. The van der Waals surface area contributed by atoms with Crippen molar-refractivity contribution in [1.82, 2.24) is 9.97 Å². The lowest BCUT2D eigenvalue weighted by atomic mass is 10.1. The molecule has 2 rings (SSSR count). The van der Waals surface area contributed by atoms with Crippen LogP contribution in [-0.2, 0) is 15.6 Å². The van der Waals surface area contributed by atoms with Crippen LogP contribution in [0.4, 0.5) is 5.82 Å². The topological polar surface area (TPSA) is 85.9 Å². The maximum atomic E-state index is 11.3. The smallest absolute Gasteiger partial charge is 0.154 e. The zero-order valence-electron chi connectivity index (χ0n) is 10.2. The number of nitrogens with two attached hydrogens (primary N) is 1. The number of rotatable bonds is 3. The third-order valence-electron chi connectivity index (χ3n) is 2.36. The number of nitrogens with zero attached hydrogens (tertiary/aromatic N) is 2. The van der Waals surface area contributed by atoms with Crippen LogP contribution >= 0.6 is 15.9 Å². The number of aromatic nitrogens is 2. The average Bonchev–Trinajstić information content (AvgIpc) is 2.33. The third-order valence-corrected chi connectivity index (χ3v) is 3.93. The average molecular weight is 342 g/mol. The van der Waals surface area contributed by atoms with Crippen LogP contribution < -0.4 is 5.73 Å². The largest absolute Gasteiger partial charge is 0.383 e. The molecule has 0 amide bonds. The van der Waals surface area contributed by atoms with E-state index in [1.807, 2.05) is 30.3 Å². The highest BCUT2D eigenvalue weighted by molar-refractivity contribution is 9.10. The Hall–Kier alpha value is -1.47. The summed E-state index contributed by atoms with van der Waals surface area (Å²) in [6.07, 6.45) is 1.14. The Morgan fingerprint density at radius 2 is 1.84 bits per heavy atom. The molecule has 0 saturated carbocycles. The summed E-state index contributed by atoms with van der Waals surface area (Å²) >= 11 is 3.33. The summed E-state index contributed by atoms with van der Waals surface area (Å²) in [4.78, 5) is 8.26. The first-order valence-corrected chi connectivity index (χ1v) is 8.27. The van der Waals surface area contributed by atoms with E-state index in [4.69, 9.17) is 5.73 Å². The molecule has 0 radical (unpaired) electrons. The van der Waals surface area contributed by atoms with Gasteiger partial charge in [0.05, 0.1) is 10.2 Å². The number of sulfone groups is 1. The molecule has 0 spiro atoms. The van der Waals surface area contributed by atoms with E-state index >= 15 is 0 Å². The lowest BCUT2D eigenvalue weighted by molar-refractivity contribution is 0.599. The number of hydrogen-bond acceptors (Lipinski definition) is 5.